The normalized spacial score (nSPS) is 23.3. The largest absolute Gasteiger partial charge is 0.380 e. The molecule has 3 aliphatic rings. The van der Waals surface area contributed by atoms with Crippen LogP contribution in [-0.4, -0.2) is 53.2 Å². The molecule has 9 heteroatoms. The van der Waals surface area contributed by atoms with Crippen molar-refractivity contribution in [2.24, 2.45) is 5.41 Å². The zero-order chi connectivity index (χ0) is 19.4. The lowest BCUT2D eigenvalue weighted by Crippen LogP contribution is -2.66. The number of aryl methyl sites for hydroxylation is 1. The van der Waals surface area contributed by atoms with E-state index in [0.29, 0.717) is 18.8 Å². The molecule has 2 saturated heterocycles. The van der Waals surface area contributed by atoms with E-state index in [1.807, 2.05) is 18.4 Å². The molecule has 1 saturated carbocycles. The van der Waals surface area contributed by atoms with Crippen LogP contribution in [0.3, 0.4) is 0 Å². The van der Waals surface area contributed by atoms with E-state index in [-0.39, 0.29) is 24.3 Å². The van der Waals surface area contributed by atoms with Crippen molar-refractivity contribution in [3.05, 3.63) is 17.1 Å². The molecular weight excluding hydrogens is 384 g/mol. The zero-order valence-electron chi connectivity index (χ0n) is 15.8. The molecule has 28 heavy (non-hydrogen) atoms. The van der Waals surface area contributed by atoms with Crippen molar-refractivity contribution in [3.63, 3.8) is 0 Å². The number of rotatable bonds is 4. The van der Waals surface area contributed by atoms with Crippen LogP contribution in [0.4, 0.5) is 20.5 Å². The third-order valence-electron chi connectivity index (χ3n) is 5.79. The van der Waals surface area contributed by atoms with Gasteiger partial charge in [-0.25, -0.2) is 18.7 Å². The molecule has 0 radical (unpaired) electrons. The molecular formula is C19H23F2N5OS. The summed E-state index contributed by atoms with van der Waals surface area (Å²) in [5, 5.41) is 6.14. The van der Waals surface area contributed by atoms with Crippen LogP contribution < -0.4 is 10.2 Å². The minimum absolute atomic E-state index is 0.0245. The maximum Gasteiger partial charge on any atom is 0.248 e. The Bertz CT molecular complexity index is 867. The molecule has 6 nitrogen and oxygen atoms in total. The first kappa shape index (κ1) is 18.2. The first-order valence-electron chi connectivity index (χ1n) is 9.69. The van der Waals surface area contributed by atoms with Crippen LogP contribution >= 0.6 is 11.3 Å². The number of nitrogens with zero attached hydrogens (tertiary/aromatic N) is 4. The van der Waals surface area contributed by atoms with Gasteiger partial charge in [0.1, 0.15) is 16.5 Å². The molecule has 2 aliphatic heterocycles. The number of ether oxygens (including phenoxy) is 1. The van der Waals surface area contributed by atoms with E-state index in [2.05, 4.69) is 20.2 Å². The van der Waals surface area contributed by atoms with Crippen LogP contribution in [0.15, 0.2) is 11.4 Å². The first-order valence-corrected chi connectivity index (χ1v) is 10.6. The van der Waals surface area contributed by atoms with E-state index >= 15 is 0 Å². The van der Waals surface area contributed by atoms with Gasteiger partial charge in [-0.05, 0) is 19.8 Å². The molecule has 2 aromatic heterocycles. The Morgan fingerprint density at radius 3 is 2.54 bits per heavy atom. The van der Waals surface area contributed by atoms with Gasteiger partial charge < -0.3 is 15.0 Å². The van der Waals surface area contributed by atoms with Crippen LogP contribution in [0, 0.1) is 12.3 Å². The molecule has 1 aliphatic carbocycles. The third-order valence-corrected chi connectivity index (χ3v) is 6.78. The fourth-order valence-electron chi connectivity index (χ4n) is 4.11. The Balaban J connectivity index is 1.38. The Labute approximate surface area is 166 Å². The molecule has 0 unspecified atom stereocenters. The van der Waals surface area contributed by atoms with Gasteiger partial charge in [-0.1, -0.05) is 0 Å². The van der Waals surface area contributed by atoms with E-state index < -0.39 is 5.92 Å². The van der Waals surface area contributed by atoms with Gasteiger partial charge in [0.25, 0.3) is 0 Å². The van der Waals surface area contributed by atoms with Gasteiger partial charge in [-0.2, -0.15) is 4.98 Å². The number of anilines is 2. The highest BCUT2D eigenvalue weighted by Crippen LogP contribution is 2.41. The average Bonchev–Trinajstić information content (AvgIpc) is 3.01. The van der Waals surface area contributed by atoms with Crippen molar-refractivity contribution in [1.29, 1.82) is 0 Å². The van der Waals surface area contributed by atoms with Gasteiger partial charge in [0.15, 0.2) is 0 Å². The smallest absolute Gasteiger partial charge is 0.248 e. The van der Waals surface area contributed by atoms with Crippen molar-refractivity contribution >= 4 is 23.1 Å². The van der Waals surface area contributed by atoms with E-state index in [4.69, 9.17) is 9.72 Å². The summed E-state index contributed by atoms with van der Waals surface area (Å²) in [5.41, 5.74) is 2.02. The fourth-order valence-corrected chi connectivity index (χ4v) is 4.86. The second-order valence-electron chi connectivity index (χ2n) is 8.35. The van der Waals surface area contributed by atoms with Crippen molar-refractivity contribution < 1.29 is 13.5 Å². The van der Waals surface area contributed by atoms with Crippen LogP contribution in [0.1, 0.15) is 31.4 Å². The van der Waals surface area contributed by atoms with Gasteiger partial charge in [-0.15, -0.1) is 11.3 Å². The van der Waals surface area contributed by atoms with Gasteiger partial charge in [0.05, 0.1) is 18.6 Å². The highest BCUT2D eigenvalue weighted by atomic mass is 32.1. The van der Waals surface area contributed by atoms with Gasteiger partial charge in [0, 0.05) is 49.1 Å². The summed E-state index contributed by atoms with van der Waals surface area (Å²) in [6, 6.07) is 1.95. The fraction of sp³-hybridized carbons (Fsp3) is 0.632. The summed E-state index contributed by atoms with van der Waals surface area (Å²) in [4.78, 5) is 16.1. The monoisotopic (exact) mass is 407 g/mol. The van der Waals surface area contributed by atoms with E-state index in [1.165, 1.54) is 0 Å². The standard InChI is InChI=1S/C19H23F2N5OS/c1-12-7-28-16(22-12)14-6-15(26-8-18(9-26)10-27-11-18)25-17(24-14)23-13-2-4-19(20,21)5-3-13/h6-7,13H,2-5,8-11H2,1H3,(H,23,24,25). The summed E-state index contributed by atoms with van der Waals surface area (Å²) < 4.78 is 32.3. The summed E-state index contributed by atoms with van der Waals surface area (Å²) in [7, 11) is 0. The van der Waals surface area contributed by atoms with Gasteiger partial charge in [0.2, 0.25) is 11.9 Å². The Morgan fingerprint density at radius 2 is 1.93 bits per heavy atom. The maximum absolute atomic E-state index is 13.5. The first-order chi connectivity index (χ1) is 13.4. The number of nitrogens with one attached hydrogen (secondary N) is 1. The quantitative estimate of drug-likeness (QED) is 0.833. The van der Waals surface area contributed by atoms with Crippen LogP contribution in [-0.2, 0) is 4.74 Å². The summed E-state index contributed by atoms with van der Waals surface area (Å²) in [6.07, 6.45) is 0.682. The zero-order valence-corrected chi connectivity index (χ0v) is 16.6. The van der Waals surface area contributed by atoms with Crippen molar-refractivity contribution in [2.45, 2.75) is 44.6 Å². The predicted octanol–water partition coefficient (Wildman–Crippen LogP) is 3.73. The van der Waals surface area contributed by atoms with Crippen molar-refractivity contribution in [1.82, 2.24) is 15.0 Å². The molecule has 2 aromatic rings. The molecule has 4 heterocycles. The Hall–Kier alpha value is -1.87. The number of halogens is 2. The highest BCUT2D eigenvalue weighted by molar-refractivity contribution is 7.13. The minimum atomic E-state index is -2.54. The number of aromatic nitrogens is 3. The number of thiazole rings is 1. The molecule has 0 aromatic carbocycles. The van der Waals surface area contributed by atoms with E-state index in [0.717, 1.165) is 48.5 Å². The second-order valence-corrected chi connectivity index (χ2v) is 9.21. The summed E-state index contributed by atoms with van der Waals surface area (Å²) >= 11 is 1.55. The Morgan fingerprint density at radius 1 is 1.18 bits per heavy atom. The molecule has 1 N–H and O–H groups in total. The molecule has 0 bridgehead atoms. The minimum Gasteiger partial charge on any atom is -0.380 e. The molecule has 1 spiro atoms. The molecule has 5 rings (SSSR count). The van der Waals surface area contributed by atoms with Crippen molar-refractivity contribution in [2.75, 3.05) is 36.5 Å². The summed E-state index contributed by atoms with van der Waals surface area (Å²) in [5.74, 6) is -1.18. The maximum atomic E-state index is 13.5. The van der Waals surface area contributed by atoms with Gasteiger partial charge >= 0.3 is 0 Å². The number of alkyl halides is 2. The second kappa shape index (κ2) is 6.59. The lowest BCUT2D eigenvalue weighted by molar-refractivity contribution is -0.127. The number of hydrogen-bond acceptors (Lipinski definition) is 7. The van der Waals surface area contributed by atoms with Crippen LogP contribution in [0.5, 0.6) is 0 Å². The lowest BCUT2D eigenvalue weighted by Gasteiger charge is -2.55. The van der Waals surface area contributed by atoms with Crippen LogP contribution in [0.2, 0.25) is 0 Å². The molecule has 3 fully saturated rings. The van der Waals surface area contributed by atoms with Gasteiger partial charge in [-0.3, -0.25) is 0 Å². The topological polar surface area (TPSA) is 63.2 Å². The number of hydrogen-bond donors (Lipinski definition) is 1. The SMILES string of the molecule is Cc1csc(-c2cc(N3CC4(COC4)C3)nc(NC3CCC(F)(F)CC3)n2)n1. The molecule has 0 amide bonds. The predicted molar refractivity (Wildman–Crippen MR) is 104 cm³/mol. The highest BCUT2D eigenvalue weighted by Gasteiger charge is 2.49. The Kier molecular flexibility index (Phi) is 4.28. The van der Waals surface area contributed by atoms with Crippen LogP contribution in [0.25, 0.3) is 10.7 Å². The molecule has 0 atom stereocenters. The lowest BCUT2D eigenvalue weighted by atomic mass is 9.78. The van der Waals surface area contributed by atoms with E-state index in [1.54, 1.807) is 11.3 Å². The van der Waals surface area contributed by atoms with Crippen molar-refractivity contribution in [3.8, 4) is 10.7 Å². The van der Waals surface area contributed by atoms with E-state index in [9.17, 15) is 8.78 Å². The summed E-state index contributed by atoms with van der Waals surface area (Å²) in [6.45, 7) is 5.44. The average molecular weight is 407 g/mol. The third kappa shape index (κ3) is 3.45. The molecule has 150 valence electrons.